The molecule has 0 heterocycles. The van der Waals surface area contributed by atoms with Gasteiger partial charge in [0, 0.05) is 19.2 Å². The van der Waals surface area contributed by atoms with Gasteiger partial charge >= 0.3 is 6.61 Å². The molecule has 7 heteroatoms. The lowest BCUT2D eigenvalue weighted by molar-refractivity contribution is -0.0527. The third-order valence-electron chi connectivity index (χ3n) is 2.24. The fourth-order valence-corrected chi connectivity index (χ4v) is 1.41. The lowest BCUT2D eigenvalue weighted by Gasteiger charge is -2.14. The van der Waals surface area contributed by atoms with E-state index >= 15 is 0 Å². The zero-order valence-corrected chi connectivity index (χ0v) is 10.8. The van der Waals surface area contributed by atoms with Gasteiger partial charge < -0.3 is 14.2 Å². The van der Waals surface area contributed by atoms with Crippen molar-refractivity contribution in [2.45, 2.75) is 13.2 Å². The van der Waals surface area contributed by atoms with Gasteiger partial charge in [0.2, 0.25) is 0 Å². The van der Waals surface area contributed by atoms with Crippen LogP contribution in [0.2, 0.25) is 0 Å². The summed E-state index contributed by atoms with van der Waals surface area (Å²) in [5.41, 5.74) is 3.15. The summed E-state index contributed by atoms with van der Waals surface area (Å²) in [4.78, 5) is 5.05. The highest BCUT2D eigenvalue weighted by Gasteiger charge is 2.14. The Bertz CT molecular complexity index is 377. The lowest BCUT2D eigenvalue weighted by Crippen LogP contribution is -2.18. The van der Waals surface area contributed by atoms with Crippen molar-refractivity contribution in [3.63, 3.8) is 0 Å². The molecule has 1 rings (SSSR count). The van der Waals surface area contributed by atoms with E-state index in [2.05, 4.69) is 10.2 Å². The fraction of sp³-hybridized carbons (Fsp3) is 0.500. The van der Waals surface area contributed by atoms with Gasteiger partial charge in [-0.15, -0.1) is 0 Å². The summed E-state index contributed by atoms with van der Waals surface area (Å²) in [5.74, 6) is 0.249. The van der Waals surface area contributed by atoms with Crippen LogP contribution in [0.5, 0.6) is 11.5 Å². The minimum atomic E-state index is -2.91. The second-order valence-corrected chi connectivity index (χ2v) is 3.49. The first-order valence-electron chi connectivity index (χ1n) is 5.63. The highest BCUT2D eigenvalue weighted by atomic mass is 19.3. The number of rotatable bonds is 9. The van der Waals surface area contributed by atoms with Crippen LogP contribution in [0.15, 0.2) is 18.2 Å². The molecule has 1 aromatic carbocycles. The van der Waals surface area contributed by atoms with E-state index in [9.17, 15) is 8.78 Å². The zero-order valence-electron chi connectivity index (χ0n) is 10.8. The van der Waals surface area contributed by atoms with Crippen LogP contribution < -0.4 is 15.0 Å². The zero-order chi connectivity index (χ0) is 14.1. The summed E-state index contributed by atoms with van der Waals surface area (Å²) in [5, 5.41) is 0. The number of hydroxylamine groups is 1. The molecule has 108 valence electrons. The highest BCUT2D eigenvalue weighted by Crippen LogP contribution is 2.32. The number of nitrogens with one attached hydrogen (secondary N) is 1. The molecule has 0 spiro atoms. The smallest absolute Gasteiger partial charge is 0.387 e. The monoisotopic (exact) mass is 277 g/mol. The predicted octanol–water partition coefficient (Wildman–Crippen LogP) is 1.96. The van der Waals surface area contributed by atoms with Gasteiger partial charge in [-0.25, -0.2) is 0 Å². The summed E-state index contributed by atoms with van der Waals surface area (Å²) < 4.78 is 39.0. The molecule has 0 saturated carbocycles. The normalized spacial score (nSPS) is 10.8. The predicted molar refractivity (Wildman–Crippen MR) is 64.3 cm³/mol. The molecule has 5 nitrogen and oxygen atoms in total. The second-order valence-electron chi connectivity index (χ2n) is 3.49. The van der Waals surface area contributed by atoms with E-state index in [1.54, 1.807) is 25.3 Å². The Morgan fingerprint density at radius 2 is 2.00 bits per heavy atom. The molecule has 0 bridgehead atoms. The Hall–Kier alpha value is -1.44. The van der Waals surface area contributed by atoms with Crippen LogP contribution in [0.3, 0.4) is 0 Å². The summed E-state index contributed by atoms with van der Waals surface area (Å²) in [6.07, 6.45) is 0. The Morgan fingerprint density at radius 1 is 1.21 bits per heavy atom. The lowest BCUT2D eigenvalue weighted by atomic mass is 10.2. The molecule has 0 atom stereocenters. The summed E-state index contributed by atoms with van der Waals surface area (Å²) in [6.45, 7) is -1.91. The van der Waals surface area contributed by atoms with Crippen LogP contribution in [-0.4, -0.2) is 34.0 Å². The topological polar surface area (TPSA) is 49.0 Å². The quantitative estimate of drug-likeness (QED) is 0.552. The highest BCUT2D eigenvalue weighted by molar-refractivity contribution is 5.46. The van der Waals surface area contributed by atoms with Crippen molar-refractivity contribution in [3.8, 4) is 11.5 Å². The van der Waals surface area contributed by atoms with Crippen molar-refractivity contribution in [3.05, 3.63) is 23.8 Å². The molecule has 0 aromatic heterocycles. The molecule has 0 fully saturated rings. The van der Waals surface area contributed by atoms with Crippen molar-refractivity contribution in [1.29, 1.82) is 0 Å². The van der Waals surface area contributed by atoms with Crippen LogP contribution in [0.1, 0.15) is 5.56 Å². The number of benzene rings is 1. The van der Waals surface area contributed by atoms with Crippen LogP contribution in [0.4, 0.5) is 8.78 Å². The van der Waals surface area contributed by atoms with Gasteiger partial charge in [-0.2, -0.15) is 14.3 Å². The molecule has 0 amide bonds. The first kappa shape index (κ1) is 15.6. The maximum absolute atomic E-state index is 12.4. The average Bonchev–Trinajstić information content (AvgIpc) is 2.39. The molecule has 0 unspecified atom stereocenters. The van der Waals surface area contributed by atoms with Gasteiger partial charge in [-0.1, -0.05) is 12.1 Å². The van der Waals surface area contributed by atoms with Gasteiger partial charge in [0.25, 0.3) is 0 Å². The van der Waals surface area contributed by atoms with Gasteiger partial charge in [0.15, 0.2) is 11.5 Å². The number of halogens is 2. The van der Waals surface area contributed by atoms with E-state index in [4.69, 9.17) is 14.3 Å². The number of ether oxygens (including phenoxy) is 3. The summed E-state index contributed by atoms with van der Waals surface area (Å²) >= 11 is 0. The molecule has 0 radical (unpaired) electrons. The summed E-state index contributed by atoms with van der Waals surface area (Å²) in [7, 11) is 2.94. The standard InChI is InChI=1S/C12H17F2NO4/c1-16-6-7-18-15-8-9-4-3-5-10(17-2)11(9)19-12(13)14/h3-5,12,15H,6-8H2,1-2H3. The molecule has 0 aliphatic carbocycles. The third-order valence-corrected chi connectivity index (χ3v) is 2.24. The maximum Gasteiger partial charge on any atom is 0.387 e. The Labute approximate surface area is 110 Å². The minimum absolute atomic E-state index is 0.00263. The average molecular weight is 277 g/mol. The number of alkyl halides is 2. The van der Waals surface area contributed by atoms with Crippen molar-refractivity contribution >= 4 is 0 Å². The Morgan fingerprint density at radius 3 is 2.63 bits per heavy atom. The number of hydrogen-bond donors (Lipinski definition) is 1. The van der Waals surface area contributed by atoms with Gasteiger partial charge in [0.05, 0.1) is 20.3 Å². The van der Waals surface area contributed by atoms with E-state index in [0.29, 0.717) is 18.8 Å². The van der Waals surface area contributed by atoms with Crippen LogP contribution in [0.25, 0.3) is 0 Å². The molecular weight excluding hydrogens is 260 g/mol. The molecule has 1 aromatic rings. The van der Waals surface area contributed by atoms with Crippen molar-refractivity contribution < 1.29 is 27.8 Å². The molecule has 0 saturated heterocycles. The van der Waals surface area contributed by atoms with Gasteiger partial charge in [0.1, 0.15) is 0 Å². The van der Waals surface area contributed by atoms with E-state index in [-0.39, 0.29) is 18.0 Å². The largest absolute Gasteiger partial charge is 0.493 e. The summed E-state index contributed by atoms with van der Waals surface area (Å²) in [6, 6.07) is 4.88. The number of methoxy groups -OCH3 is 2. The first-order chi connectivity index (χ1) is 9.19. The van der Waals surface area contributed by atoms with E-state index in [1.165, 1.54) is 7.11 Å². The number of para-hydroxylation sites is 1. The molecule has 1 N–H and O–H groups in total. The molecule has 0 aliphatic heterocycles. The van der Waals surface area contributed by atoms with Crippen molar-refractivity contribution in [2.75, 3.05) is 27.4 Å². The van der Waals surface area contributed by atoms with Gasteiger partial charge in [-0.05, 0) is 6.07 Å². The van der Waals surface area contributed by atoms with Crippen molar-refractivity contribution in [2.24, 2.45) is 0 Å². The Kier molecular flexibility index (Phi) is 7.09. The first-order valence-corrected chi connectivity index (χ1v) is 5.63. The fourth-order valence-electron chi connectivity index (χ4n) is 1.41. The van der Waals surface area contributed by atoms with Crippen LogP contribution in [0, 0.1) is 0 Å². The van der Waals surface area contributed by atoms with E-state index in [1.807, 2.05) is 0 Å². The number of hydrogen-bond acceptors (Lipinski definition) is 5. The van der Waals surface area contributed by atoms with Crippen LogP contribution >= 0.6 is 0 Å². The molecule has 19 heavy (non-hydrogen) atoms. The van der Waals surface area contributed by atoms with E-state index in [0.717, 1.165) is 0 Å². The minimum Gasteiger partial charge on any atom is -0.493 e. The molecule has 0 aliphatic rings. The second kappa shape index (κ2) is 8.63. The third kappa shape index (κ3) is 5.37. The van der Waals surface area contributed by atoms with Gasteiger partial charge in [-0.3, -0.25) is 4.84 Å². The van der Waals surface area contributed by atoms with Crippen LogP contribution in [-0.2, 0) is 16.1 Å². The molecular formula is C12H17F2NO4. The maximum atomic E-state index is 12.4. The van der Waals surface area contributed by atoms with E-state index < -0.39 is 6.61 Å². The SMILES string of the molecule is COCCONCc1cccc(OC)c1OC(F)F. The Balaban J connectivity index is 2.64. The van der Waals surface area contributed by atoms with Crippen molar-refractivity contribution in [1.82, 2.24) is 5.48 Å².